The number of aryl methyl sites for hydroxylation is 1. The molecule has 2 N–H and O–H groups in total. The summed E-state index contributed by atoms with van der Waals surface area (Å²) in [7, 11) is 0. The summed E-state index contributed by atoms with van der Waals surface area (Å²) >= 11 is 1.58. The third-order valence-electron chi connectivity index (χ3n) is 13.0. The van der Waals surface area contributed by atoms with Gasteiger partial charge in [0.05, 0.1) is 85.0 Å². The number of thiazole rings is 1. The summed E-state index contributed by atoms with van der Waals surface area (Å²) in [5.41, 5.74) is 8.71. The lowest BCUT2D eigenvalue weighted by molar-refractivity contribution is -0.384. The molecule has 1 fully saturated rings. The second kappa shape index (κ2) is 26.3. The Bertz CT molecular complexity index is 2970. The number of fused-ring (bicyclic) bond motifs is 1. The zero-order chi connectivity index (χ0) is 53.6. The largest absolute Gasteiger partial charge is 0.491 e. The molecule has 8 rings (SSSR count). The van der Waals surface area contributed by atoms with Crippen LogP contribution >= 0.6 is 11.3 Å². The molecule has 4 aromatic carbocycles. The Morgan fingerprint density at radius 2 is 1.57 bits per heavy atom. The molecule has 4 atom stereocenters. The molecular formula is C57H62N6O12S. The fourth-order valence-corrected chi connectivity index (χ4v) is 9.84. The van der Waals surface area contributed by atoms with Crippen molar-refractivity contribution in [1.29, 1.82) is 0 Å². The van der Waals surface area contributed by atoms with Crippen molar-refractivity contribution >= 4 is 52.1 Å². The van der Waals surface area contributed by atoms with Gasteiger partial charge >= 0.3 is 0 Å². The minimum atomic E-state index is -0.854. The Morgan fingerprint density at radius 1 is 0.895 bits per heavy atom. The highest BCUT2D eigenvalue weighted by Gasteiger charge is 2.43. The third kappa shape index (κ3) is 14.0. The van der Waals surface area contributed by atoms with Crippen molar-refractivity contribution in [3.63, 3.8) is 0 Å². The SMILES string of the molecule is Cc1ncsc1-c1ccc([C@H](C)NC(=O)[C@@H]2C[C@@H](O)CN2C(=O)[C@H](c2cc(OCCOCCOCCOCCOc3ccc(CN4C(=O)/C(=C\C=C\c5ccc([N+](=O)[O-])cc5)c5ccccc54)cc3)no2)C(C)C)cc1. The number of aliphatic hydroxyl groups is 1. The molecule has 2 aliphatic heterocycles. The van der Waals surface area contributed by atoms with Gasteiger partial charge in [0.2, 0.25) is 11.8 Å². The van der Waals surface area contributed by atoms with Crippen molar-refractivity contribution in [2.75, 3.05) is 64.3 Å². The Hall–Kier alpha value is -7.55. The van der Waals surface area contributed by atoms with Crippen LogP contribution in [0.15, 0.2) is 125 Å². The number of nitrogens with one attached hydrogen (secondary N) is 1. The average molecular weight is 1060 g/mol. The summed E-state index contributed by atoms with van der Waals surface area (Å²) in [6.07, 6.45) is 4.63. The third-order valence-corrected chi connectivity index (χ3v) is 14.0. The molecule has 0 saturated carbocycles. The molecule has 0 radical (unpaired) electrons. The number of hydrogen-bond acceptors (Lipinski definition) is 15. The Labute approximate surface area is 445 Å². The maximum Gasteiger partial charge on any atom is 0.269 e. The number of benzene rings is 4. The first-order chi connectivity index (χ1) is 36.8. The molecule has 18 nitrogen and oxygen atoms in total. The van der Waals surface area contributed by atoms with Crippen molar-refractivity contribution in [3.8, 4) is 22.1 Å². The Kier molecular flexibility index (Phi) is 18.9. The number of nitro groups is 1. The molecule has 2 aromatic heterocycles. The Balaban J connectivity index is 0.682. The quantitative estimate of drug-likeness (QED) is 0.0225. The molecule has 0 unspecified atom stereocenters. The maximum absolute atomic E-state index is 14.1. The number of nitrogens with zero attached hydrogens (tertiary/aromatic N) is 5. The highest BCUT2D eigenvalue weighted by atomic mass is 32.1. The standard InChI is InChI=1S/C57H62N6O12S/c1-37(2)53(57(67)62-35-45(64)32-50(62)55(65)59-38(3)42-16-18-43(19-17-42)54-39(4)58-36-76-54)51-33-52(60-75-51)74-31-29-72-27-25-70-24-26-71-28-30-73-46-22-14-41(15-23-46)34-61-49-11-6-5-9-47(49)48(56(61)66)10-7-8-40-12-20-44(21-13-40)63(68)69/h5-23,33,36-38,45,50,53,64H,24-32,34-35H2,1-4H3,(H,59,65)/b8-7+,48-10-/t38-,45+,50-,53-/m0/s1. The molecule has 4 heterocycles. The summed E-state index contributed by atoms with van der Waals surface area (Å²) < 4.78 is 34.2. The van der Waals surface area contributed by atoms with Crippen LogP contribution < -0.4 is 19.7 Å². The zero-order valence-electron chi connectivity index (χ0n) is 42.9. The van der Waals surface area contributed by atoms with Crippen molar-refractivity contribution in [1.82, 2.24) is 20.4 Å². The van der Waals surface area contributed by atoms with E-state index >= 15 is 0 Å². The first-order valence-electron chi connectivity index (χ1n) is 25.2. The molecule has 2 aliphatic rings. The molecule has 0 spiro atoms. The van der Waals surface area contributed by atoms with Crippen LogP contribution in [-0.4, -0.2) is 114 Å². The van der Waals surface area contributed by atoms with Crippen molar-refractivity contribution < 1.29 is 52.6 Å². The van der Waals surface area contributed by atoms with Gasteiger partial charge in [-0.15, -0.1) is 11.3 Å². The summed E-state index contributed by atoms with van der Waals surface area (Å²) in [6.45, 7) is 10.6. The summed E-state index contributed by atoms with van der Waals surface area (Å²) in [5.74, 6) is -0.580. The molecule has 0 aliphatic carbocycles. The number of β-amino-alcohol motifs (C(OH)–C–C–N with tert-alkyl or cyclic N) is 1. The number of ether oxygens (including phenoxy) is 5. The lowest BCUT2D eigenvalue weighted by Crippen LogP contribution is -2.48. The van der Waals surface area contributed by atoms with Gasteiger partial charge in [-0.25, -0.2) is 4.98 Å². The fourth-order valence-electron chi connectivity index (χ4n) is 9.03. The minimum absolute atomic E-state index is 0.0185. The topological polar surface area (TPSA) is 218 Å². The van der Waals surface area contributed by atoms with Gasteiger partial charge in [-0.05, 0) is 83.6 Å². The van der Waals surface area contributed by atoms with E-state index in [0.717, 1.165) is 44.1 Å². The average Bonchev–Trinajstić information content (AvgIpc) is 4.26. The van der Waals surface area contributed by atoms with Crippen LogP contribution in [-0.2, 0) is 35.1 Å². The van der Waals surface area contributed by atoms with E-state index in [2.05, 4.69) is 15.5 Å². The zero-order valence-corrected chi connectivity index (χ0v) is 43.7. The second-order valence-corrected chi connectivity index (χ2v) is 19.5. The number of allylic oxidation sites excluding steroid dienone is 2. The summed E-state index contributed by atoms with van der Waals surface area (Å²) in [6, 6.07) is 29.8. The number of aliphatic hydroxyl groups excluding tert-OH is 1. The van der Waals surface area contributed by atoms with E-state index in [9.17, 15) is 29.6 Å². The number of anilines is 1. The molecule has 19 heteroatoms. The van der Waals surface area contributed by atoms with E-state index in [1.54, 1.807) is 52.7 Å². The number of hydrogen-bond donors (Lipinski definition) is 2. The van der Waals surface area contributed by atoms with Crippen LogP contribution in [0.4, 0.5) is 11.4 Å². The van der Waals surface area contributed by atoms with Gasteiger partial charge in [0.25, 0.3) is 17.5 Å². The van der Waals surface area contributed by atoms with Crippen LogP contribution in [0, 0.1) is 23.0 Å². The normalized spacial score (nSPS) is 16.7. The number of rotatable bonds is 26. The molecule has 398 valence electrons. The van der Waals surface area contributed by atoms with E-state index < -0.39 is 23.0 Å². The van der Waals surface area contributed by atoms with Gasteiger partial charge in [-0.3, -0.25) is 24.5 Å². The monoisotopic (exact) mass is 1050 g/mol. The van der Waals surface area contributed by atoms with E-state index in [0.29, 0.717) is 63.3 Å². The van der Waals surface area contributed by atoms with E-state index in [1.807, 2.05) is 106 Å². The number of likely N-dealkylation sites (tertiary alicyclic amines) is 1. The predicted octanol–water partition coefficient (Wildman–Crippen LogP) is 8.74. The smallest absolute Gasteiger partial charge is 0.269 e. The van der Waals surface area contributed by atoms with Crippen molar-refractivity contribution in [3.05, 3.63) is 165 Å². The molecule has 0 bridgehead atoms. The fraction of sp³-hybridized carbons (Fsp3) is 0.351. The lowest BCUT2D eigenvalue weighted by Gasteiger charge is -2.29. The van der Waals surface area contributed by atoms with Gasteiger partial charge in [-0.2, -0.15) is 0 Å². The van der Waals surface area contributed by atoms with Crippen LogP contribution in [0.3, 0.4) is 0 Å². The molecule has 1 saturated heterocycles. The minimum Gasteiger partial charge on any atom is -0.491 e. The summed E-state index contributed by atoms with van der Waals surface area (Å²) in [5, 5.41) is 28.7. The van der Waals surface area contributed by atoms with Crippen molar-refractivity contribution in [2.24, 2.45) is 5.92 Å². The number of non-ortho nitro benzene ring substituents is 1. The van der Waals surface area contributed by atoms with Gasteiger partial charge in [0, 0.05) is 42.3 Å². The predicted molar refractivity (Wildman–Crippen MR) is 287 cm³/mol. The number of nitro benzene ring substituents is 1. The summed E-state index contributed by atoms with van der Waals surface area (Å²) in [4.78, 5) is 60.5. The van der Waals surface area contributed by atoms with Crippen LogP contribution in [0.1, 0.15) is 72.9 Å². The number of aromatic nitrogens is 2. The number of para-hydroxylation sites is 1. The van der Waals surface area contributed by atoms with E-state index in [-0.39, 0.29) is 67.4 Å². The highest BCUT2D eigenvalue weighted by Crippen LogP contribution is 2.38. The molecule has 6 aromatic rings. The van der Waals surface area contributed by atoms with Crippen LogP contribution in [0.25, 0.3) is 22.1 Å². The van der Waals surface area contributed by atoms with Gasteiger partial charge < -0.3 is 48.4 Å². The highest BCUT2D eigenvalue weighted by molar-refractivity contribution is 7.13. The van der Waals surface area contributed by atoms with Crippen LogP contribution in [0.5, 0.6) is 11.6 Å². The lowest BCUT2D eigenvalue weighted by atomic mass is 9.91. The molecule has 76 heavy (non-hydrogen) atoms. The number of carbonyl (C=O) groups is 3. The van der Waals surface area contributed by atoms with Gasteiger partial charge in [0.15, 0.2) is 5.76 Å². The maximum atomic E-state index is 14.1. The van der Waals surface area contributed by atoms with E-state index in [4.69, 9.17) is 28.2 Å². The Morgan fingerprint density at radius 3 is 2.22 bits per heavy atom. The second-order valence-electron chi connectivity index (χ2n) is 18.7. The first kappa shape index (κ1) is 54.7. The number of amides is 3. The first-order valence-corrected chi connectivity index (χ1v) is 26.1. The molecule has 3 amide bonds. The van der Waals surface area contributed by atoms with Crippen LogP contribution in [0.2, 0.25) is 0 Å². The van der Waals surface area contributed by atoms with Gasteiger partial charge in [-0.1, -0.05) is 80.6 Å². The van der Waals surface area contributed by atoms with Crippen molar-refractivity contribution in [2.45, 2.75) is 64.8 Å². The molecular weight excluding hydrogens is 993 g/mol. The van der Waals surface area contributed by atoms with E-state index in [1.165, 1.54) is 17.0 Å². The van der Waals surface area contributed by atoms with Gasteiger partial charge in [0.1, 0.15) is 30.9 Å². The number of carbonyl (C=O) groups excluding carboxylic acids is 3.